The minimum atomic E-state index is 0.0731. The summed E-state index contributed by atoms with van der Waals surface area (Å²) in [6, 6.07) is 0.235. The van der Waals surface area contributed by atoms with Crippen LogP contribution in [0.4, 0.5) is 0 Å². The van der Waals surface area contributed by atoms with Crippen molar-refractivity contribution < 1.29 is 14.1 Å². The Morgan fingerprint density at radius 1 is 1.43 bits per heavy atom. The molecular weight excluding hydrogens is 296 g/mol. The largest absolute Gasteiger partial charge is 0.381 e. The summed E-state index contributed by atoms with van der Waals surface area (Å²) in [6.45, 7) is 8.83. The predicted octanol–water partition coefficient (Wildman–Crippen LogP) is 1.09. The van der Waals surface area contributed by atoms with Crippen LogP contribution in [0, 0.1) is 5.92 Å². The summed E-state index contributed by atoms with van der Waals surface area (Å²) < 4.78 is 10.6. The van der Waals surface area contributed by atoms with E-state index < -0.39 is 0 Å². The molecule has 1 aromatic heterocycles. The highest BCUT2D eigenvalue weighted by atomic mass is 16.5. The Hall–Kier alpha value is -1.47. The van der Waals surface area contributed by atoms with Gasteiger partial charge in [-0.1, -0.05) is 12.1 Å². The highest BCUT2D eigenvalue weighted by Gasteiger charge is 2.31. The zero-order valence-corrected chi connectivity index (χ0v) is 14.0. The fourth-order valence-electron chi connectivity index (χ4n) is 3.47. The normalized spacial score (nSPS) is 25.1. The number of amides is 1. The quantitative estimate of drug-likeness (QED) is 0.781. The smallest absolute Gasteiger partial charge is 0.226 e. The molecule has 3 rings (SSSR count). The molecule has 2 saturated heterocycles. The Bertz CT molecular complexity index is 527. The van der Waals surface area contributed by atoms with Gasteiger partial charge in [-0.15, -0.1) is 0 Å². The van der Waals surface area contributed by atoms with Gasteiger partial charge in [0.2, 0.25) is 11.8 Å². The highest BCUT2D eigenvalue weighted by molar-refractivity contribution is 5.73. The average Bonchev–Trinajstić information content (AvgIpc) is 3.26. The van der Waals surface area contributed by atoms with E-state index in [2.05, 4.69) is 15.0 Å². The number of nitrogens with zero attached hydrogens (tertiary/aromatic N) is 4. The van der Waals surface area contributed by atoms with Crippen molar-refractivity contribution in [1.29, 1.82) is 0 Å². The standard InChI is InChI=1S/C16H26N4O3/c1-3-16-17-15(18-23-16)10-20(12(2)21)14-4-6-19(9-14)8-13-5-7-22-11-13/h13-14H,3-11H2,1-2H3/t13-,14-/m1/s1. The third-order valence-corrected chi connectivity index (χ3v) is 4.76. The van der Waals surface area contributed by atoms with E-state index in [9.17, 15) is 4.79 Å². The van der Waals surface area contributed by atoms with Crippen LogP contribution in [0.1, 0.15) is 38.4 Å². The van der Waals surface area contributed by atoms with Gasteiger partial charge in [0.25, 0.3) is 0 Å². The summed E-state index contributed by atoms with van der Waals surface area (Å²) in [5.41, 5.74) is 0. The van der Waals surface area contributed by atoms with Gasteiger partial charge in [-0.05, 0) is 18.8 Å². The third kappa shape index (κ3) is 4.09. The van der Waals surface area contributed by atoms with Crippen LogP contribution in [0.3, 0.4) is 0 Å². The van der Waals surface area contributed by atoms with Crippen LogP contribution in [0.25, 0.3) is 0 Å². The zero-order chi connectivity index (χ0) is 16.2. The van der Waals surface area contributed by atoms with Gasteiger partial charge in [0.15, 0.2) is 5.82 Å². The van der Waals surface area contributed by atoms with Gasteiger partial charge >= 0.3 is 0 Å². The van der Waals surface area contributed by atoms with Crippen molar-refractivity contribution in [3.8, 4) is 0 Å². The lowest BCUT2D eigenvalue weighted by Crippen LogP contribution is -2.41. The Labute approximate surface area is 137 Å². The van der Waals surface area contributed by atoms with E-state index in [-0.39, 0.29) is 11.9 Å². The molecule has 0 radical (unpaired) electrons. The lowest BCUT2D eigenvalue weighted by Gasteiger charge is -2.27. The second-order valence-corrected chi connectivity index (χ2v) is 6.54. The molecular formula is C16H26N4O3. The maximum atomic E-state index is 12.1. The van der Waals surface area contributed by atoms with Gasteiger partial charge in [0, 0.05) is 45.6 Å². The molecule has 0 saturated carbocycles. The van der Waals surface area contributed by atoms with Crippen molar-refractivity contribution in [2.45, 2.75) is 45.7 Å². The fraction of sp³-hybridized carbons (Fsp3) is 0.812. The lowest BCUT2D eigenvalue weighted by atomic mass is 10.1. The zero-order valence-electron chi connectivity index (χ0n) is 14.0. The molecule has 2 aliphatic heterocycles. The molecule has 7 heteroatoms. The topological polar surface area (TPSA) is 71.7 Å². The first-order valence-electron chi connectivity index (χ1n) is 8.54. The van der Waals surface area contributed by atoms with Gasteiger partial charge in [-0.3, -0.25) is 4.79 Å². The first-order chi connectivity index (χ1) is 11.2. The summed E-state index contributed by atoms with van der Waals surface area (Å²) in [6.07, 6.45) is 2.87. The number of carbonyl (C=O) groups excluding carboxylic acids is 1. The number of rotatable bonds is 6. The van der Waals surface area contributed by atoms with Crippen molar-refractivity contribution in [3.05, 3.63) is 11.7 Å². The molecule has 0 unspecified atom stereocenters. The van der Waals surface area contributed by atoms with Crippen molar-refractivity contribution >= 4 is 5.91 Å². The van der Waals surface area contributed by atoms with E-state index in [1.165, 1.54) is 0 Å². The number of ether oxygens (including phenoxy) is 1. The molecule has 3 heterocycles. The number of aryl methyl sites for hydroxylation is 1. The molecule has 7 nitrogen and oxygen atoms in total. The first kappa shape index (κ1) is 16.4. The maximum absolute atomic E-state index is 12.1. The van der Waals surface area contributed by atoms with Crippen LogP contribution in [0.5, 0.6) is 0 Å². The van der Waals surface area contributed by atoms with E-state index in [0.717, 1.165) is 45.7 Å². The average molecular weight is 322 g/mol. The second-order valence-electron chi connectivity index (χ2n) is 6.54. The molecule has 0 aliphatic carbocycles. The summed E-state index contributed by atoms with van der Waals surface area (Å²) in [4.78, 5) is 20.7. The number of likely N-dealkylation sites (tertiary alicyclic amines) is 1. The van der Waals surface area contributed by atoms with Crippen LogP contribution in [-0.4, -0.2) is 64.7 Å². The fourth-order valence-corrected chi connectivity index (χ4v) is 3.47. The molecule has 0 bridgehead atoms. The Morgan fingerprint density at radius 2 is 2.30 bits per heavy atom. The van der Waals surface area contributed by atoms with Crippen LogP contribution in [0.15, 0.2) is 4.52 Å². The van der Waals surface area contributed by atoms with Crippen LogP contribution in [-0.2, 0) is 22.5 Å². The molecule has 1 aromatic rings. The van der Waals surface area contributed by atoms with Gasteiger partial charge < -0.3 is 19.1 Å². The molecule has 0 aromatic carbocycles. The van der Waals surface area contributed by atoms with Gasteiger partial charge in [0.1, 0.15) is 0 Å². The molecule has 2 aliphatic rings. The van der Waals surface area contributed by atoms with Gasteiger partial charge in [0.05, 0.1) is 13.2 Å². The summed E-state index contributed by atoms with van der Waals surface area (Å²) in [5.74, 6) is 1.94. The molecule has 23 heavy (non-hydrogen) atoms. The molecule has 0 spiro atoms. The monoisotopic (exact) mass is 322 g/mol. The number of carbonyl (C=O) groups is 1. The van der Waals surface area contributed by atoms with E-state index in [1.54, 1.807) is 6.92 Å². The maximum Gasteiger partial charge on any atom is 0.226 e. The first-order valence-corrected chi connectivity index (χ1v) is 8.54. The Balaban J connectivity index is 1.56. The second kappa shape index (κ2) is 7.40. The molecule has 2 atom stereocenters. The summed E-state index contributed by atoms with van der Waals surface area (Å²) in [7, 11) is 0. The number of aromatic nitrogens is 2. The van der Waals surface area contributed by atoms with Gasteiger partial charge in [-0.2, -0.15) is 4.98 Å². The minimum absolute atomic E-state index is 0.0731. The Kier molecular flexibility index (Phi) is 5.27. The predicted molar refractivity (Wildman–Crippen MR) is 83.7 cm³/mol. The van der Waals surface area contributed by atoms with Crippen molar-refractivity contribution in [3.63, 3.8) is 0 Å². The summed E-state index contributed by atoms with van der Waals surface area (Å²) in [5, 5.41) is 3.97. The SMILES string of the molecule is CCc1nc(CN(C(C)=O)[C@@H]2CCN(C[C@H]3CCOC3)C2)no1. The van der Waals surface area contributed by atoms with E-state index in [4.69, 9.17) is 9.26 Å². The van der Waals surface area contributed by atoms with E-state index in [1.807, 2.05) is 11.8 Å². The molecule has 2 fully saturated rings. The molecule has 1 amide bonds. The molecule has 128 valence electrons. The lowest BCUT2D eigenvalue weighted by molar-refractivity contribution is -0.131. The number of hydrogen-bond acceptors (Lipinski definition) is 6. The van der Waals surface area contributed by atoms with Crippen LogP contribution < -0.4 is 0 Å². The van der Waals surface area contributed by atoms with Crippen LogP contribution >= 0.6 is 0 Å². The van der Waals surface area contributed by atoms with Gasteiger partial charge in [-0.25, -0.2) is 0 Å². The van der Waals surface area contributed by atoms with Crippen molar-refractivity contribution in [2.75, 3.05) is 32.8 Å². The van der Waals surface area contributed by atoms with Crippen molar-refractivity contribution in [1.82, 2.24) is 19.9 Å². The van der Waals surface area contributed by atoms with E-state index in [0.29, 0.717) is 30.6 Å². The number of hydrogen-bond donors (Lipinski definition) is 0. The van der Waals surface area contributed by atoms with Crippen LogP contribution in [0.2, 0.25) is 0 Å². The molecule has 0 N–H and O–H groups in total. The third-order valence-electron chi connectivity index (χ3n) is 4.76. The summed E-state index contributed by atoms with van der Waals surface area (Å²) >= 11 is 0. The highest BCUT2D eigenvalue weighted by Crippen LogP contribution is 2.21. The van der Waals surface area contributed by atoms with Crippen molar-refractivity contribution in [2.24, 2.45) is 5.92 Å². The Morgan fingerprint density at radius 3 is 2.96 bits per heavy atom. The minimum Gasteiger partial charge on any atom is -0.381 e. The van der Waals surface area contributed by atoms with E-state index >= 15 is 0 Å².